The number of amides is 2. The largest absolute Gasteiger partial charge is 0.340 e. The fraction of sp³-hybridized carbons (Fsp3) is 0.833. The van der Waals surface area contributed by atoms with Gasteiger partial charge in [-0.05, 0) is 12.8 Å². The van der Waals surface area contributed by atoms with E-state index < -0.39 is 16.3 Å². The topological polar surface area (TPSA) is 66.5 Å². The summed E-state index contributed by atoms with van der Waals surface area (Å²) in [6.07, 6.45) is 1.17. The third-order valence-electron chi connectivity index (χ3n) is 3.53. The Hall–Kier alpha value is -0.910. The lowest BCUT2D eigenvalue weighted by Crippen LogP contribution is -2.66. The zero-order chi connectivity index (χ0) is 13.8. The molecule has 0 aliphatic carbocycles. The van der Waals surface area contributed by atoms with Gasteiger partial charge in [-0.1, -0.05) is 20.8 Å². The highest BCUT2D eigenvalue weighted by Crippen LogP contribution is 2.21. The predicted octanol–water partition coefficient (Wildman–Crippen LogP) is 0.272. The lowest BCUT2D eigenvalue weighted by atomic mass is 9.89. The quantitative estimate of drug-likeness (QED) is 0.756. The van der Waals surface area contributed by atoms with Crippen molar-refractivity contribution < 1.29 is 13.8 Å². The first kappa shape index (κ1) is 15.1. The summed E-state index contributed by atoms with van der Waals surface area (Å²) in [6, 6.07) is 0. The summed E-state index contributed by atoms with van der Waals surface area (Å²) in [4.78, 5) is 25.6. The van der Waals surface area contributed by atoms with Gasteiger partial charge >= 0.3 is 0 Å². The smallest absolute Gasteiger partial charge is 0.248 e. The molecule has 1 unspecified atom stereocenters. The van der Waals surface area contributed by atoms with Gasteiger partial charge in [-0.3, -0.25) is 13.8 Å². The van der Waals surface area contributed by atoms with Crippen LogP contribution in [0.4, 0.5) is 0 Å². The van der Waals surface area contributed by atoms with Crippen LogP contribution in [0.3, 0.4) is 0 Å². The monoisotopic (exact) mass is 274 g/mol. The summed E-state index contributed by atoms with van der Waals surface area (Å²) in [6.45, 7) is 6.13. The van der Waals surface area contributed by atoms with Crippen molar-refractivity contribution in [3.63, 3.8) is 0 Å². The van der Waals surface area contributed by atoms with E-state index in [2.05, 4.69) is 5.32 Å². The molecule has 0 radical (unpaired) electrons. The van der Waals surface area contributed by atoms with Gasteiger partial charge in [0.2, 0.25) is 11.8 Å². The van der Waals surface area contributed by atoms with Gasteiger partial charge in [-0.15, -0.1) is 0 Å². The number of carbonyl (C=O) groups excluding carboxylic acids is 2. The third kappa shape index (κ3) is 3.10. The normalized spacial score (nSPS) is 20.7. The van der Waals surface area contributed by atoms with E-state index in [1.54, 1.807) is 4.90 Å². The van der Waals surface area contributed by atoms with E-state index in [4.69, 9.17) is 0 Å². The molecule has 1 aliphatic rings. The third-order valence-corrected chi connectivity index (χ3v) is 4.81. The van der Waals surface area contributed by atoms with Crippen LogP contribution in [0, 0.1) is 0 Å². The minimum Gasteiger partial charge on any atom is -0.340 e. The molecule has 1 fully saturated rings. The fourth-order valence-electron chi connectivity index (χ4n) is 2.17. The van der Waals surface area contributed by atoms with E-state index >= 15 is 0 Å². The molecule has 0 aromatic heterocycles. The Kier molecular flexibility index (Phi) is 5.31. The van der Waals surface area contributed by atoms with Crippen molar-refractivity contribution in [2.24, 2.45) is 0 Å². The van der Waals surface area contributed by atoms with Crippen LogP contribution < -0.4 is 5.32 Å². The van der Waals surface area contributed by atoms with Crippen molar-refractivity contribution >= 4 is 22.6 Å². The molecule has 5 nitrogen and oxygen atoms in total. The first-order valence-electron chi connectivity index (χ1n) is 6.44. The highest BCUT2D eigenvalue weighted by molar-refractivity contribution is 7.84. The standard InChI is InChI=1S/C12H22N2O3S/c1-4-12(5-2)11(16)14(9-10(15)13-12)7-8-18(17)6-3/h4-9H2,1-3H3,(H,13,15). The Morgan fingerprint density at radius 1 is 1.28 bits per heavy atom. The Balaban J connectivity index is 2.76. The van der Waals surface area contributed by atoms with Gasteiger partial charge < -0.3 is 10.2 Å². The van der Waals surface area contributed by atoms with Gasteiger partial charge in [0.25, 0.3) is 0 Å². The number of rotatable bonds is 6. The van der Waals surface area contributed by atoms with Crippen molar-refractivity contribution in [1.82, 2.24) is 10.2 Å². The van der Waals surface area contributed by atoms with Crippen LogP contribution in [0.25, 0.3) is 0 Å². The van der Waals surface area contributed by atoms with Gasteiger partial charge in [0.1, 0.15) is 5.54 Å². The molecule has 1 aliphatic heterocycles. The van der Waals surface area contributed by atoms with Crippen molar-refractivity contribution in [2.45, 2.75) is 39.2 Å². The maximum atomic E-state index is 12.4. The lowest BCUT2D eigenvalue weighted by Gasteiger charge is -2.41. The first-order valence-corrected chi connectivity index (χ1v) is 7.93. The summed E-state index contributed by atoms with van der Waals surface area (Å²) < 4.78 is 11.4. The van der Waals surface area contributed by atoms with Gasteiger partial charge in [-0.2, -0.15) is 0 Å². The number of hydrogen-bond donors (Lipinski definition) is 1. The van der Waals surface area contributed by atoms with E-state index in [1.165, 1.54) is 0 Å². The average molecular weight is 274 g/mol. The maximum Gasteiger partial charge on any atom is 0.248 e. The molecule has 1 saturated heterocycles. The van der Waals surface area contributed by atoms with Crippen LogP contribution in [-0.4, -0.2) is 51.1 Å². The fourth-order valence-corrected chi connectivity index (χ4v) is 2.89. The van der Waals surface area contributed by atoms with Crippen LogP contribution in [0.5, 0.6) is 0 Å². The number of nitrogens with one attached hydrogen (secondary N) is 1. The molecule has 2 amide bonds. The summed E-state index contributed by atoms with van der Waals surface area (Å²) in [5, 5.41) is 2.80. The molecule has 104 valence electrons. The molecule has 0 aromatic rings. The van der Waals surface area contributed by atoms with Crippen molar-refractivity contribution in [3.05, 3.63) is 0 Å². The van der Waals surface area contributed by atoms with Crippen molar-refractivity contribution in [3.8, 4) is 0 Å². The number of hydrogen-bond acceptors (Lipinski definition) is 3. The van der Waals surface area contributed by atoms with Gasteiger partial charge in [0.15, 0.2) is 0 Å². The Labute approximate surface area is 111 Å². The highest BCUT2D eigenvalue weighted by Gasteiger charge is 2.43. The van der Waals surface area contributed by atoms with E-state index in [0.29, 0.717) is 30.9 Å². The van der Waals surface area contributed by atoms with Gasteiger partial charge in [0.05, 0.1) is 6.54 Å². The molecule has 0 aromatic carbocycles. The van der Waals surface area contributed by atoms with Crippen LogP contribution in [0.15, 0.2) is 0 Å². The molecule has 0 saturated carbocycles. The van der Waals surface area contributed by atoms with E-state index in [-0.39, 0.29) is 18.4 Å². The number of nitrogens with zero attached hydrogens (tertiary/aromatic N) is 1. The molecule has 1 N–H and O–H groups in total. The lowest BCUT2D eigenvalue weighted by molar-refractivity contribution is -0.150. The zero-order valence-electron chi connectivity index (χ0n) is 11.3. The second-order valence-electron chi connectivity index (χ2n) is 4.50. The Morgan fingerprint density at radius 2 is 1.89 bits per heavy atom. The van der Waals surface area contributed by atoms with Crippen LogP contribution in [0.1, 0.15) is 33.6 Å². The van der Waals surface area contributed by atoms with Crippen LogP contribution >= 0.6 is 0 Å². The molecule has 18 heavy (non-hydrogen) atoms. The van der Waals surface area contributed by atoms with Gasteiger partial charge in [-0.25, -0.2) is 0 Å². The second kappa shape index (κ2) is 6.31. The highest BCUT2D eigenvalue weighted by atomic mass is 32.2. The Morgan fingerprint density at radius 3 is 2.39 bits per heavy atom. The predicted molar refractivity (Wildman–Crippen MR) is 71.6 cm³/mol. The summed E-state index contributed by atoms with van der Waals surface area (Å²) >= 11 is 0. The minimum atomic E-state index is -0.909. The zero-order valence-corrected chi connectivity index (χ0v) is 12.1. The van der Waals surface area contributed by atoms with E-state index in [0.717, 1.165) is 0 Å². The molecular weight excluding hydrogens is 252 g/mol. The number of piperazine rings is 1. The van der Waals surface area contributed by atoms with E-state index in [9.17, 15) is 13.8 Å². The molecular formula is C12H22N2O3S. The van der Waals surface area contributed by atoms with Gasteiger partial charge in [0, 0.05) is 28.9 Å². The Bertz CT molecular complexity index is 353. The molecule has 1 rings (SSSR count). The molecule has 6 heteroatoms. The van der Waals surface area contributed by atoms with Crippen molar-refractivity contribution in [2.75, 3.05) is 24.6 Å². The molecule has 0 bridgehead atoms. The molecule has 1 atom stereocenters. The van der Waals surface area contributed by atoms with E-state index in [1.807, 2.05) is 20.8 Å². The van der Waals surface area contributed by atoms with Crippen LogP contribution in [-0.2, 0) is 20.4 Å². The number of carbonyl (C=O) groups is 2. The molecule has 0 spiro atoms. The average Bonchev–Trinajstić information content (AvgIpc) is 2.38. The first-order chi connectivity index (χ1) is 8.49. The van der Waals surface area contributed by atoms with Crippen LogP contribution in [0.2, 0.25) is 0 Å². The summed E-state index contributed by atoms with van der Waals surface area (Å²) in [5.74, 6) is 0.862. The minimum absolute atomic E-state index is 0.0415. The summed E-state index contributed by atoms with van der Waals surface area (Å²) in [5.41, 5.74) is -0.761. The SMILES string of the molecule is CCS(=O)CCN1CC(=O)NC(CC)(CC)C1=O. The summed E-state index contributed by atoms with van der Waals surface area (Å²) in [7, 11) is -0.909. The maximum absolute atomic E-state index is 12.4. The molecule has 1 heterocycles. The van der Waals surface area contributed by atoms with Crippen molar-refractivity contribution in [1.29, 1.82) is 0 Å². The second-order valence-corrected chi connectivity index (χ2v) is 6.36.